The van der Waals surface area contributed by atoms with Gasteiger partial charge in [0.2, 0.25) is 11.8 Å². The van der Waals surface area contributed by atoms with Gasteiger partial charge < -0.3 is 10.2 Å². The fraction of sp³-hybridized carbons (Fsp3) is 0.588. The number of nitriles is 1. The molecule has 1 aliphatic heterocycles. The van der Waals surface area contributed by atoms with Crippen LogP contribution in [-0.2, 0) is 9.59 Å². The summed E-state index contributed by atoms with van der Waals surface area (Å²) in [7, 11) is 0. The zero-order valence-corrected chi connectivity index (χ0v) is 14.1. The summed E-state index contributed by atoms with van der Waals surface area (Å²) in [5.74, 6) is -0.510. The molecule has 0 saturated carbocycles. The highest BCUT2D eigenvalue weighted by molar-refractivity contribution is 5.93. The molecule has 0 spiro atoms. The van der Waals surface area contributed by atoms with E-state index >= 15 is 0 Å². The average molecular weight is 303 g/mol. The molecule has 0 aliphatic carbocycles. The number of carbonyl (C=O) groups is 2. The zero-order valence-electron chi connectivity index (χ0n) is 14.1. The van der Waals surface area contributed by atoms with E-state index in [1.54, 1.807) is 11.8 Å². The summed E-state index contributed by atoms with van der Waals surface area (Å²) >= 11 is 0. The highest BCUT2D eigenvalue weighted by Gasteiger charge is 2.54. The second-order valence-electron chi connectivity index (χ2n) is 7.29. The van der Waals surface area contributed by atoms with Crippen molar-refractivity contribution in [1.82, 2.24) is 10.2 Å². The van der Waals surface area contributed by atoms with Crippen molar-refractivity contribution in [2.45, 2.75) is 64.1 Å². The van der Waals surface area contributed by atoms with Gasteiger partial charge in [0.25, 0.3) is 0 Å². The van der Waals surface area contributed by atoms with E-state index in [1.807, 2.05) is 27.7 Å². The molecule has 1 N–H and O–H groups in total. The second-order valence-corrected chi connectivity index (χ2v) is 7.29. The molecule has 0 unspecified atom stereocenters. The third-order valence-corrected chi connectivity index (χ3v) is 4.01. The Balaban J connectivity index is 3.31. The number of nitrogens with zero attached hydrogens (tertiary/aromatic N) is 2. The quantitative estimate of drug-likeness (QED) is 0.813. The summed E-state index contributed by atoms with van der Waals surface area (Å²) in [6, 6.07) is 2.24. The average Bonchev–Trinajstić information content (AvgIpc) is 2.35. The minimum Gasteiger partial charge on any atom is -0.334 e. The van der Waals surface area contributed by atoms with Gasteiger partial charge >= 0.3 is 0 Å². The van der Waals surface area contributed by atoms with E-state index in [0.29, 0.717) is 18.4 Å². The van der Waals surface area contributed by atoms with Crippen LogP contribution in [0.4, 0.5) is 0 Å². The van der Waals surface area contributed by atoms with Crippen LogP contribution < -0.4 is 5.32 Å². The van der Waals surface area contributed by atoms with Gasteiger partial charge in [0.05, 0.1) is 6.07 Å². The summed E-state index contributed by atoms with van der Waals surface area (Å²) in [5, 5.41) is 12.4. The van der Waals surface area contributed by atoms with Crippen molar-refractivity contribution in [3.05, 3.63) is 24.8 Å². The van der Waals surface area contributed by atoms with Crippen molar-refractivity contribution in [1.29, 1.82) is 5.26 Å². The zero-order chi connectivity index (χ0) is 17.3. The summed E-state index contributed by atoms with van der Waals surface area (Å²) < 4.78 is 0. The number of carbonyl (C=O) groups excluding carboxylic acids is 2. The van der Waals surface area contributed by atoms with Crippen LogP contribution in [0.15, 0.2) is 24.8 Å². The maximum atomic E-state index is 12.5. The molecule has 1 saturated heterocycles. The molecule has 0 aromatic heterocycles. The molecule has 0 atom stereocenters. The highest BCUT2D eigenvalue weighted by Crippen LogP contribution is 2.44. The molecule has 2 amide bonds. The molecule has 1 fully saturated rings. The van der Waals surface area contributed by atoms with Crippen LogP contribution in [-0.4, -0.2) is 33.3 Å². The van der Waals surface area contributed by atoms with Crippen molar-refractivity contribution < 1.29 is 9.59 Å². The Labute approximate surface area is 132 Å². The minimum absolute atomic E-state index is 0.128. The van der Waals surface area contributed by atoms with E-state index < -0.39 is 16.6 Å². The lowest BCUT2D eigenvalue weighted by Gasteiger charge is -2.57. The smallest absolute Gasteiger partial charge is 0.249 e. The van der Waals surface area contributed by atoms with Gasteiger partial charge in [-0.1, -0.05) is 13.2 Å². The number of hydrogen-bond donors (Lipinski definition) is 1. The van der Waals surface area contributed by atoms with Crippen LogP contribution in [0.2, 0.25) is 0 Å². The predicted octanol–water partition coefficient (Wildman–Crippen LogP) is 2.31. The Bertz CT molecular complexity index is 549. The van der Waals surface area contributed by atoms with Gasteiger partial charge in [-0.2, -0.15) is 5.26 Å². The predicted molar refractivity (Wildman–Crippen MR) is 85.7 cm³/mol. The molecule has 0 bridgehead atoms. The van der Waals surface area contributed by atoms with Gasteiger partial charge in [-0.3, -0.25) is 9.59 Å². The third-order valence-electron chi connectivity index (χ3n) is 4.01. The molecule has 120 valence electrons. The Morgan fingerprint density at radius 3 is 2.00 bits per heavy atom. The van der Waals surface area contributed by atoms with E-state index in [-0.39, 0.29) is 11.8 Å². The minimum atomic E-state index is -1.02. The first-order chi connectivity index (χ1) is 9.91. The van der Waals surface area contributed by atoms with Gasteiger partial charge in [-0.15, -0.1) is 0 Å². The Hall–Kier alpha value is -2.09. The van der Waals surface area contributed by atoms with E-state index in [4.69, 9.17) is 0 Å². The summed E-state index contributed by atoms with van der Waals surface area (Å²) in [6.07, 6.45) is 1.85. The van der Waals surface area contributed by atoms with E-state index in [9.17, 15) is 14.9 Å². The third kappa shape index (κ3) is 3.22. The molecule has 22 heavy (non-hydrogen) atoms. The first kappa shape index (κ1) is 18.0. The fourth-order valence-electron chi connectivity index (χ4n) is 3.74. The molecule has 0 aromatic carbocycles. The molecular weight excluding hydrogens is 278 g/mol. The van der Waals surface area contributed by atoms with Gasteiger partial charge in [0, 0.05) is 29.5 Å². The lowest BCUT2D eigenvalue weighted by atomic mass is 9.69. The molecule has 1 heterocycles. The van der Waals surface area contributed by atoms with Gasteiger partial charge in [0.1, 0.15) is 5.54 Å². The fourth-order valence-corrected chi connectivity index (χ4v) is 3.74. The monoisotopic (exact) mass is 303 g/mol. The van der Waals surface area contributed by atoms with Gasteiger partial charge in [-0.05, 0) is 40.7 Å². The van der Waals surface area contributed by atoms with Crippen LogP contribution in [0.25, 0.3) is 0 Å². The first-order valence-corrected chi connectivity index (χ1v) is 7.27. The summed E-state index contributed by atoms with van der Waals surface area (Å²) in [6.45, 7) is 16.5. The molecule has 1 aliphatic rings. The molecule has 1 rings (SSSR count). The normalized spacial score (nSPS) is 21.4. The van der Waals surface area contributed by atoms with Crippen LogP contribution >= 0.6 is 0 Å². The summed E-state index contributed by atoms with van der Waals surface area (Å²) in [4.78, 5) is 26.0. The second kappa shape index (κ2) is 5.60. The molecule has 0 aromatic rings. The van der Waals surface area contributed by atoms with E-state index in [1.165, 1.54) is 0 Å². The number of nitrogens with one attached hydrogen (secondary N) is 1. The lowest BCUT2D eigenvalue weighted by Crippen LogP contribution is -2.70. The molecular formula is C17H25N3O2. The first-order valence-electron chi connectivity index (χ1n) is 7.27. The Kier molecular flexibility index (Phi) is 4.57. The van der Waals surface area contributed by atoms with Crippen molar-refractivity contribution >= 4 is 11.8 Å². The standard InChI is InChI=1S/C17H25N3O2/c1-8-13(21)19-17(11-18)9-15(4,5)20(14(22)12(2)3)16(6,7)10-17/h8H,1-2,9-10H2,3-7H3,(H,19,21). The Morgan fingerprint density at radius 2 is 1.68 bits per heavy atom. The van der Waals surface area contributed by atoms with Crippen molar-refractivity contribution in [3.8, 4) is 6.07 Å². The maximum Gasteiger partial charge on any atom is 0.249 e. The topological polar surface area (TPSA) is 73.2 Å². The molecule has 5 nitrogen and oxygen atoms in total. The largest absolute Gasteiger partial charge is 0.334 e. The van der Waals surface area contributed by atoms with Gasteiger partial charge in [0.15, 0.2) is 0 Å². The van der Waals surface area contributed by atoms with Crippen molar-refractivity contribution in [2.75, 3.05) is 0 Å². The van der Waals surface area contributed by atoms with Crippen LogP contribution in [0.1, 0.15) is 47.5 Å². The summed E-state index contributed by atoms with van der Waals surface area (Å²) in [5.41, 5.74) is -1.76. The van der Waals surface area contributed by atoms with Crippen LogP contribution in [0, 0.1) is 11.3 Å². The van der Waals surface area contributed by atoms with Crippen LogP contribution in [0.3, 0.4) is 0 Å². The maximum absolute atomic E-state index is 12.5. The van der Waals surface area contributed by atoms with E-state index in [2.05, 4.69) is 24.5 Å². The SMILES string of the molecule is C=CC(=O)NC1(C#N)CC(C)(C)N(C(=O)C(=C)C)C(C)(C)C1. The highest BCUT2D eigenvalue weighted by atomic mass is 16.2. The molecule has 5 heteroatoms. The van der Waals surface area contributed by atoms with Gasteiger partial charge in [-0.25, -0.2) is 0 Å². The number of piperidine rings is 1. The van der Waals surface area contributed by atoms with E-state index in [0.717, 1.165) is 6.08 Å². The number of likely N-dealkylation sites (tertiary alicyclic amines) is 1. The number of amides is 2. The van der Waals surface area contributed by atoms with Crippen LogP contribution in [0.5, 0.6) is 0 Å². The van der Waals surface area contributed by atoms with Crippen molar-refractivity contribution in [2.24, 2.45) is 0 Å². The molecule has 0 radical (unpaired) electrons. The number of rotatable bonds is 3. The Morgan fingerprint density at radius 1 is 1.23 bits per heavy atom. The lowest BCUT2D eigenvalue weighted by molar-refractivity contribution is -0.148. The number of hydrogen-bond acceptors (Lipinski definition) is 3. The van der Waals surface area contributed by atoms with Crippen molar-refractivity contribution in [3.63, 3.8) is 0 Å².